The summed E-state index contributed by atoms with van der Waals surface area (Å²) in [5.74, 6) is 0.000949. The van der Waals surface area contributed by atoms with E-state index >= 15 is 0 Å². The number of rotatable bonds is 9. The highest BCUT2D eigenvalue weighted by molar-refractivity contribution is 5.91. The van der Waals surface area contributed by atoms with Crippen molar-refractivity contribution < 1.29 is 24.0 Å². The van der Waals surface area contributed by atoms with Crippen molar-refractivity contribution in [1.82, 2.24) is 14.9 Å². The average Bonchev–Trinajstić information content (AvgIpc) is 2.96. The van der Waals surface area contributed by atoms with Crippen LogP contribution in [0.15, 0.2) is 48.7 Å². The van der Waals surface area contributed by atoms with E-state index in [0.717, 1.165) is 22.3 Å². The molecule has 1 amide bonds. The maximum atomic E-state index is 12.4. The second-order valence-corrected chi connectivity index (χ2v) is 11.3. The van der Waals surface area contributed by atoms with Crippen LogP contribution < -0.4 is 10.6 Å². The Bertz CT molecular complexity index is 1480. The fraction of sp³-hybridized carbons (Fsp3) is 0.419. The van der Waals surface area contributed by atoms with Crippen molar-refractivity contribution in [3.63, 3.8) is 0 Å². The summed E-state index contributed by atoms with van der Waals surface area (Å²) < 4.78 is 10.6. The molecule has 1 aliphatic rings. The van der Waals surface area contributed by atoms with Gasteiger partial charge in [-0.3, -0.25) is 10.1 Å². The molecule has 12 nitrogen and oxygen atoms in total. The van der Waals surface area contributed by atoms with Gasteiger partial charge >= 0.3 is 17.7 Å². The van der Waals surface area contributed by atoms with Crippen LogP contribution in [0.25, 0.3) is 11.1 Å². The van der Waals surface area contributed by atoms with Gasteiger partial charge in [0.25, 0.3) is 0 Å². The van der Waals surface area contributed by atoms with E-state index in [1.54, 1.807) is 17.9 Å². The number of esters is 1. The fourth-order valence-corrected chi connectivity index (χ4v) is 4.82. The number of carbonyl (C=O) groups is 2. The molecule has 1 aromatic heterocycles. The van der Waals surface area contributed by atoms with E-state index in [1.165, 1.54) is 6.20 Å². The Hall–Kier alpha value is -4.74. The number of nitrogens with one attached hydrogen (secondary N) is 2. The molecule has 0 aliphatic carbocycles. The Morgan fingerprint density at radius 2 is 1.86 bits per heavy atom. The minimum absolute atomic E-state index is 0.107. The molecule has 1 fully saturated rings. The van der Waals surface area contributed by atoms with Crippen molar-refractivity contribution in [1.29, 1.82) is 0 Å². The largest absolute Gasteiger partial charge is 0.462 e. The number of piperidine rings is 1. The standard InChI is InChI=1S/C31H38N6O6/c1-6-42-28(38)22-10-7-9-21(17-22)25-12-8-11-23(20(25)2)18-32-29-33-19-26(37(40)41)27(35-29)34-24-13-15-36(16-14-24)30(39)43-31(3,4)5/h7-12,17,19,24H,6,13-16,18H2,1-5H3,(H2,32,33,34,35). The van der Waals surface area contributed by atoms with Gasteiger partial charge in [-0.05, 0) is 81.8 Å². The summed E-state index contributed by atoms with van der Waals surface area (Å²) in [5.41, 5.74) is 3.53. The first-order valence-corrected chi connectivity index (χ1v) is 14.3. The predicted octanol–water partition coefficient (Wildman–Crippen LogP) is 5.96. The van der Waals surface area contributed by atoms with E-state index in [4.69, 9.17) is 9.47 Å². The number of benzene rings is 2. The Morgan fingerprint density at radius 3 is 2.53 bits per heavy atom. The van der Waals surface area contributed by atoms with Crippen LogP contribution in [-0.4, -0.2) is 63.2 Å². The molecule has 0 atom stereocenters. The maximum absolute atomic E-state index is 12.4. The molecule has 0 bridgehead atoms. The lowest BCUT2D eigenvalue weighted by atomic mass is 9.95. The molecule has 4 rings (SSSR count). The van der Waals surface area contributed by atoms with Gasteiger partial charge in [0.1, 0.15) is 11.8 Å². The van der Waals surface area contributed by atoms with E-state index in [2.05, 4.69) is 20.6 Å². The van der Waals surface area contributed by atoms with Gasteiger partial charge < -0.3 is 25.0 Å². The third-order valence-electron chi connectivity index (χ3n) is 7.02. The number of nitrogens with zero attached hydrogens (tertiary/aromatic N) is 4. The number of hydrogen-bond donors (Lipinski definition) is 2. The summed E-state index contributed by atoms with van der Waals surface area (Å²) in [7, 11) is 0. The average molecular weight is 591 g/mol. The summed E-state index contributed by atoms with van der Waals surface area (Å²) in [4.78, 5) is 46.1. The van der Waals surface area contributed by atoms with Crippen molar-refractivity contribution in [3.8, 4) is 11.1 Å². The molecular formula is C31H38N6O6. The molecule has 1 saturated heterocycles. The molecule has 0 unspecified atom stereocenters. The minimum atomic E-state index is -0.577. The topological polar surface area (TPSA) is 149 Å². The van der Waals surface area contributed by atoms with Crippen LogP contribution in [0.1, 0.15) is 62.0 Å². The zero-order chi connectivity index (χ0) is 31.1. The van der Waals surface area contributed by atoms with Gasteiger partial charge in [0.15, 0.2) is 0 Å². The minimum Gasteiger partial charge on any atom is -0.462 e. The summed E-state index contributed by atoms with van der Waals surface area (Å²) in [6.45, 7) is 10.9. The number of ether oxygens (including phenoxy) is 2. The number of anilines is 2. The molecule has 1 aliphatic heterocycles. The van der Waals surface area contributed by atoms with Crippen LogP contribution in [0, 0.1) is 17.0 Å². The molecule has 0 spiro atoms. The van der Waals surface area contributed by atoms with Gasteiger partial charge in [-0.2, -0.15) is 4.98 Å². The molecule has 43 heavy (non-hydrogen) atoms. The number of carbonyl (C=O) groups excluding carboxylic acids is 2. The Morgan fingerprint density at radius 1 is 1.14 bits per heavy atom. The number of aromatic nitrogens is 2. The first kappa shape index (κ1) is 31.2. The van der Waals surface area contributed by atoms with E-state index in [0.29, 0.717) is 44.6 Å². The summed E-state index contributed by atoms with van der Waals surface area (Å²) in [5, 5.41) is 18.1. The van der Waals surface area contributed by atoms with Crippen LogP contribution in [0.3, 0.4) is 0 Å². The van der Waals surface area contributed by atoms with Crippen LogP contribution in [0.5, 0.6) is 0 Å². The van der Waals surface area contributed by atoms with E-state index in [-0.39, 0.29) is 35.6 Å². The molecule has 0 saturated carbocycles. The maximum Gasteiger partial charge on any atom is 0.410 e. The highest BCUT2D eigenvalue weighted by atomic mass is 16.6. The van der Waals surface area contributed by atoms with Gasteiger partial charge in [0.05, 0.1) is 17.1 Å². The van der Waals surface area contributed by atoms with Crippen LogP contribution >= 0.6 is 0 Å². The fourth-order valence-electron chi connectivity index (χ4n) is 4.82. The first-order valence-electron chi connectivity index (χ1n) is 14.3. The SMILES string of the molecule is CCOC(=O)c1cccc(-c2cccc(CNc3ncc([N+](=O)[O-])c(NC4CCN(C(=O)OC(C)(C)C)CC4)n3)c2C)c1. The lowest BCUT2D eigenvalue weighted by Crippen LogP contribution is -2.44. The van der Waals surface area contributed by atoms with Gasteiger partial charge in [0, 0.05) is 25.7 Å². The van der Waals surface area contributed by atoms with Gasteiger partial charge in [0.2, 0.25) is 11.8 Å². The third kappa shape index (κ3) is 8.18. The molecule has 0 radical (unpaired) electrons. The molecule has 2 heterocycles. The Labute approximate surface area is 251 Å². The van der Waals surface area contributed by atoms with Crippen molar-refractivity contribution in [2.45, 2.75) is 65.6 Å². The molecule has 2 N–H and O–H groups in total. The number of hydrogen-bond acceptors (Lipinski definition) is 10. The smallest absolute Gasteiger partial charge is 0.410 e. The van der Waals surface area contributed by atoms with E-state index in [9.17, 15) is 19.7 Å². The summed E-state index contributed by atoms with van der Waals surface area (Å²) >= 11 is 0. The predicted molar refractivity (Wildman–Crippen MR) is 163 cm³/mol. The molecule has 2 aromatic carbocycles. The van der Waals surface area contributed by atoms with Crippen molar-refractivity contribution in [3.05, 3.63) is 75.5 Å². The van der Waals surface area contributed by atoms with Crippen LogP contribution in [0.4, 0.5) is 22.2 Å². The monoisotopic (exact) mass is 590 g/mol. The molecule has 228 valence electrons. The zero-order valence-electron chi connectivity index (χ0n) is 25.2. The number of nitro groups is 1. The van der Waals surface area contributed by atoms with Gasteiger partial charge in [-0.15, -0.1) is 0 Å². The zero-order valence-corrected chi connectivity index (χ0v) is 25.2. The van der Waals surface area contributed by atoms with E-state index in [1.807, 2.05) is 64.1 Å². The molecule has 12 heteroatoms. The number of likely N-dealkylation sites (tertiary alicyclic amines) is 1. The lowest BCUT2D eigenvalue weighted by molar-refractivity contribution is -0.384. The first-order chi connectivity index (χ1) is 20.4. The highest BCUT2D eigenvalue weighted by Crippen LogP contribution is 2.29. The summed E-state index contributed by atoms with van der Waals surface area (Å²) in [6, 6.07) is 13.1. The van der Waals surface area contributed by atoms with Gasteiger partial charge in [-0.25, -0.2) is 14.6 Å². The quantitative estimate of drug-likeness (QED) is 0.174. The van der Waals surface area contributed by atoms with Crippen molar-refractivity contribution >= 4 is 29.5 Å². The normalized spacial score (nSPS) is 13.7. The highest BCUT2D eigenvalue weighted by Gasteiger charge is 2.28. The number of amides is 1. The van der Waals surface area contributed by atoms with Crippen molar-refractivity contribution in [2.24, 2.45) is 0 Å². The van der Waals surface area contributed by atoms with Crippen LogP contribution in [0.2, 0.25) is 0 Å². The third-order valence-corrected chi connectivity index (χ3v) is 7.02. The van der Waals surface area contributed by atoms with Crippen LogP contribution in [-0.2, 0) is 16.0 Å². The van der Waals surface area contributed by atoms with E-state index < -0.39 is 10.5 Å². The second kappa shape index (κ2) is 13.5. The summed E-state index contributed by atoms with van der Waals surface area (Å²) in [6.07, 6.45) is 2.01. The molecular weight excluding hydrogens is 552 g/mol. The second-order valence-electron chi connectivity index (χ2n) is 11.3. The lowest BCUT2D eigenvalue weighted by Gasteiger charge is -2.33. The van der Waals surface area contributed by atoms with Crippen molar-refractivity contribution in [2.75, 3.05) is 30.3 Å². The molecule has 3 aromatic rings. The van der Waals surface area contributed by atoms with Gasteiger partial charge in [-0.1, -0.05) is 30.3 Å². The Kier molecular flexibility index (Phi) is 9.79. The Balaban J connectivity index is 1.45.